The zero-order chi connectivity index (χ0) is 18.8. The van der Waals surface area contributed by atoms with Gasteiger partial charge in [0.2, 0.25) is 0 Å². The Bertz CT molecular complexity index is 1110. The lowest BCUT2D eigenvalue weighted by Crippen LogP contribution is -2.30. The number of amides is 1. The van der Waals surface area contributed by atoms with Crippen LogP contribution in [-0.2, 0) is 6.54 Å². The summed E-state index contributed by atoms with van der Waals surface area (Å²) in [5, 5.41) is 1.30. The average Bonchev–Trinajstić information content (AvgIpc) is 3.09. The van der Waals surface area contributed by atoms with Crippen LogP contribution in [0.5, 0.6) is 0 Å². The van der Waals surface area contributed by atoms with E-state index in [1.165, 1.54) is 11.3 Å². The second-order valence-corrected chi connectivity index (χ2v) is 7.68. The van der Waals surface area contributed by atoms with E-state index in [-0.39, 0.29) is 5.91 Å². The second kappa shape index (κ2) is 7.47. The van der Waals surface area contributed by atoms with Gasteiger partial charge in [0.1, 0.15) is 0 Å². The zero-order valence-electron chi connectivity index (χ0n) is 14.6. The van der Waals surface area contributed by atoms with E-state index in [2.05, 4.69) is 9.97 Å². The Morgan fingerprint density at radius 2 is 2.04 bits per heavy atom. The van der Waals surface area contributed by atoms with Crippen molar-refractivity contribution < 1.29 is 4.79 Å². The predicted molar refractivity (Wildman–Crippen MR) is 111 cm³/mol. The Hall–Kier alpha value is -2.76. The molecule has 2 heterocycles. The van der Waals surface area contributed by atoms with Crippen LogP contribution in [0.4, 0.5) is 5.13 Å². The Morgan fingerprint density at radius 3 is 2.81 bits per heavy atom. The standard InChI is InChI=1S/C21H16ClN3OS/c1-14-4-2-6-16(10-14)20(26)25(13-15-5-3-9-23-12-15)21-24-18-8-7-17(22)11-19(18)27-21/h2-12H,13H2,1H3. The van der Waals surface area contributed by atoms with E-state index < -0.39 is 0 Å². The smallest absolute Gasteiger partial charge is 0.260 e. The van der Waals surface area contributed by atoms with Gasteiger partial charge in [-0.2, -0.15) is 0 Å². The molecule has 0 saturated carbocycles. The molecule has 0 atom stereocenters. The van der Waals surface area contributed by atoms with Crippen molar-refractivity contribution in [2.75, 3.05) is 4.90 Å². The molecule has 0 radical (unpaired) electrons. The first kappa shape index (κ1) is 17.6. The summed E-state index contributed by atoms with van der Waals surface area (Å²) in [5.74, 6) is -0.0901. The molecular weight excluding hydrogens is 378 g/mol. The highest BCUT2D eigenvalue weighted by molar-refractivity contribution is 7.22. The second-order valence-electron chi connectivity index (χ2n) is 6.23. The predicted octanol–water partition coefficient (Wildman–Crippen LogP) is 5.50. The first-order valence-corrected chi connectivity index (χ1v) is 9.63. The van der Waals surface area contributed by atoms with Gasteiger partial charge in [-0.1, -0.05) is 46.7 Å². The van der Waals surface area contributed by atoms with Gasteiger partial charge >= 0.3 is 0 Å². The molecule has 0 unspecified atom stereocenters. The van der Waals surface area contributed by atoms with Crippen LogP contribution in [0, 0.1) is 6.92 Å². The molecule has 0 aliphatic carbocycles. The largest absolute Gasteiger partial charge is 0.279 e. The maximum Gasteiger partial charge on any atom is 0.260 e. The van der Waals surface area contributed by atoms with Crippen molar-refractivity contribution in [3.8, 4) is 0 Å². The fraction of sp³-hybridized carbons (Fsp3) is 0.0952. The minimum absolute atomic E-state index is 0.0901. The molecule has 0 N–H and O–H groups in total. The van der Waals surface area contributed by atoms with Crippen LogP contribution in [-0.4, -0.2) is 15.9 Å². The zero-order valence-corrected chi connectivity index (χ0v) is 16.2. The number of anilines is 1. The lowest BCUT2D eigenvalue weighted by Gasteiger charge is -2.20. The van der Waals surface area contributed by atoms with Gasteiger partial charge in [-0.15, -0.1) is 0 Å². The van der Waals surface area contributed by atoms with E-state index >= 15 is 0 Å². The molecule has 0 aliphatic rings. The highest BCUT2D eigenvalue weighted by Gasteiger charge is 2.22. The molecule has 2 aromatic carbocycles. The monoisotopic (exact) mass is 393 g/mol. The highest BCUT2D eigenvalue weighted by Crippen LogP contribution is 2.32. The van der Waals surface area contributed by atoms with E-state index in [1.807, 2.05) is 55.5 Å². The van der Waals surface area contributed by atoms with Gasteiger partial charge in [-0.3, -0.25) is 14.7 Å². The Kier molecular flexibility index (Phi) is 4.88. The van der Waals surface area contributed by atoms with Crippen molar-refractivity contribution in [2.24, 2.45) is 0 Å². The number of pyridine rings is 1. The van der Waals surface area contributed by atoms with Crippen molar-refractivity contribution in [2.45, 2.75) is 13.5 Å². The highest BCUT2D eigenvalue weighted by atomic mass is 35.5. The van der Waals surface area contributed by atoms with Gasteiger partial charge in [0, 0.05) is 23.0 Å². The normalized spacial score (nSPS) is 10.9. The van der Waals surface area contributed by atoms with Gasteiger partial charge in [0.05, 0.1) is 16.8 Å². The molecule has 4 aromatic rings. The maximum atomic E-state index is 13.3. The first-order chi connectivity index (χ1) is 13.1. The number of aromatic nitrogens is 2. The number of aryl methyl sites for hydroxylation is 1. The summed E-state index contributed by atoms with van der Waals surface area (Å²) in [4.78, 5) is 23.8. The summed E-state index contributed by atoms with van der Waals surface area (Å²) in [6.45, 7) is 2.37. The molecule has 1 amide bonds. The number of benzene rings is 2. The molecule has 4 rings (SSSR count). The van der Waals surface area contributed by atoms with Gasteiger partial charge in [0.25, 0.3) is 5.91 Å². The third kappa shape index (κ3) is 3.84. The van der Waals surface area contributed by atoms with Crippen molar-refractivity contribution in [1.82, 2.24) is 9.97 Å². The van der Waals surface area contributed by atoms with Gasteiger partial charge in [-0.25, -0.2) is 4.98 Å². The lowest BCUT2D eigenvalue weighted by atomic mass is 10.1. The Balaban J connectivity index is 1.77. The van der Waals surface area contributed by atoms with Crippen LogP contribution in [0.1, 0.15) is 21.5 Å². The summed E-state index contributed by atoms with van der Waals surface area (Å²) >= 11 is 7.56. The Morgan fingerprint density at radius 1 is 1.15 bits per heavy atom. The van der Waals surface area contributed by atoms with Crippen LogP contribution in [0.15, 0.2) is 67.0 Å². The fourth-order valence-corrected chi connectivity index (χ4v) is 4.08. The summed E-state index contributed by atoms with van der Waals surface area (Å²) in [6, 6.07) is 17.0. The topological polar surface area (TPSA) is 46.1 Å². The third-order valence-electron chi connectivity index (χ3n) is 4.14. The number of thiazole rings is 1. The van der Waals surface area contributed by atoms with E-state index in [4.69, 9.17) is 11.6 Å². The molecule has 134 valence electrons. The summed E-state index contributed by atoms with van der Waals surface area (Å²) in [5.41, 5.74) is 3.44. The number of hydrogen-bond donors (Lipinski definition) is 0. The van der Waals surface area contributed by atoms with Crippen molar-refractivity contribution in [3.63, 3.8) is 0 Å². The van der Waals surface area contributed by atoms with Crippen LogP contribution in [0.3, 0.4) is 0 Å². The number of fused-ring (bicyclic) bond motifs is 1. The minimum Gasteiger partial charge on any atom is -0.279 e. The van der Waals surface area contributed by atoms with Gasteiger partial charge < -0.3 is 0 Å². The molecular formula is C21H16ClN3OS. The van der Waals surface area contributed by atoms with Crippen LogP contribution < -0.4 is 4.90 Å². The number of carbonyl (C=O) groups excluding carboxylic acids is 1. The van der Waals surface area contributed by atoms with Crippen LogP contribution >= 0.6 is 22.9 Å². The van der Waals surface area contributed by atoms with E-state index in [1.54, 1.807) is 23.4 Å². The maximum absolute atomic E-state index is 13.3. The molecule has 2 aromatic heterocycles. The van der Waals surface area contributed by atoms with Crippen LogP contribution in [0.2, 0.25) is 5.02 Å². The molecule has 0 spiro atoms. The van der Waals surface area contributed by atoms with Crippen LogP contribution in [0.25, 0.3) is 10.2 Å². The molecule has 6 heteroatoms. The SMILES string of the molecule is Cc1cccc(C(=O)N(Cc2cccnc2)c2nc3ccc(Cl)cc3s2)c1. The first-order valence-electron chi connectivity index (χ1n) is 8.44. The van der Waals surface area contributed by atoms with Gasteiger partial charge in [0.15, 0.2) is 5.13 Å². The minimum atomic E-state index is -0.0901. The number of halogens is 1. The molecule has 4 nitrogen and oxygen atoms in total. The summed E-state index contributed by atoms with van der Waals surface area (Å²) < 4.78 is 0.950. The average molecular weight is 394 g/mol. The van der Waals surface area contributed by atoms with Gasteiger partial charge in [-0.05, 0) is 48.9 Å². The molecule has 0 aliphatic heterocycles. The van der Waals surface area contributed by atoms with Crippen molar-refractivity contribution >= 4 is 44.2 Å². The summed E-state index contributed by atoms with van der Waals surface area (Å²) in [7, 11) is 0. The van der Waals surface area contributed by atoms with E-state index in [0.717, 1.165) is 21.3 Å². The van der Waals surface area contributed by atoms with E-state index in [9.17, 15) is 4.79 Å². The Labute approximate surface area is 166 Å². The quantitative estimate of drug-likeness (QED) is 0.460. The molecule has 0 saturated heterocycles. The fourth-order valence-electron chi connectivity index (χ4n) is 2.84. The van der Waals surface area contributed by atoms with Crippen molar-refractivity contribution in [1.29, 1.82) is 0 Å². The van der Waals surface area contributed by atoms with E-state index in [0.29, 0.717) is 22.3 Å². The number of nitrogens with zero attached hydrogens (tertiary/aromatic N) is 3. The number of hydrogen-bond acceptors (Lipinski definition) is 4. The van der Waals surface area contributed by atoms with Crippen molar-refractivity contribution in [3.05, 3.63) is 88.7 Å². The lowest BCUT2D eigenvalue weighted by molar-refractivity contribution is 0.0985. The number of rotatable bonds is 4. The molecule has 0 fully saturated rings. The number of carbonyl (C=O) groups is 1. The molecule has 0 bridgehead atoms. The molecule has 27 heavy (non-hydrogen) atoms. The third-order valence-corrected chi connectivity index (χ3v) is 5.42. The summed E-state index contributed by atoms with van der Waals surface area (Å²) in [6.07, 6.45) is 3.48.